The van der Waals surface area contributed by atoms with Gasteiger partial charge in [0.05, 0.1) is 10.0 Å². The van der Waals surface area contributed by atoms with Gasteiger partial charge in [-0.05, 0) is 51.3 Å². The standard InChI is InChI=1S/C17H23Cl2NO3/c1-16(2,3)23-15(22)20-8-6-17(11-20,7-9-21)12-4-5-13(18)14(19)10-12/h4-5,10,21H,6-9,11H2,1-3H3. The van der Waals surface area contributed by atoms with Crippen LogP contribution in [-0.4, -0.2) is 41.4 Å². The van der Waals surface area contributed by atoms with Gasteiger partial charge in [0.1, 0.15) is 5.60 Å². The number of aliphatic hydroxyl groups is 1. The quantitative estimate of drug-likeness (QED) is 0.877. The average molecular weight is 360 g/mol. The summed E-state index contributed by atoms with van der Waals surface area (Å²) < 4.78 is 5.45. The molecule has 1 aromatic carbocycles. The first kappa shape index (κ1) is 18.4. The summed E-state index contributed by atoms with van der Waals surface area (Å²) in [7, 11) is 0. The van der Waals surface area contributed by atoms with Crippen LogP contribution >= 0.6 is 23.2 Å². The first-order chi connectivity index (χ1) is 10.7. The van der Waals surface area contributed by atoms with E-state index < -0.39 is 5.60 Å². The highest BCUT2D eigenvalue weighted by molar-refractivity contribution is 6.42. The molecule has 1 amide bonds. The molecular formula is C17H23Cl2NO3. The molecule has 1 aliphatic rings. The molecule has 23 heavy (non-hydrogen) atoms. The molecule has 1 fully saturated rings. The summed E-state index contributed by atoms with van der Waals surface area (Å²) in [6, 6.07) is 5.51. The summed E-state index contributed by atoms with van der Waals surface area (Å²) in [6.45, 7) is 6.68. The smallest absolute Gasteiger partial charge is 0.410 e. The number of aliphatic hydroxyl groups excluding tert-OH is 1. The molecule has 0 saturated carbocycles. The van der Waals surface area contributed by atoms with Crippen molar-refractivity contribution in [3.63, 3.8) is 0 Å². The van der Waals surface area contributed by atoms with Crippen molar-refractivity contribution in [3.8, 4) is 0 Å². The maximum Gasteiger partial charge on any atom is 0.410 e. The molecule has 0 radical (unpaired) electrons. The Labute approximate surface area is 147 Å². The molecule has 1 aliphatic heterocycles. The molecule has 0 spiro atoms. The number of rotatable bonds is 3. The summed E-state index contributed by atoms with van der Waals surface area (Å²) in [6.07, 6.45) is 0.993. The van der Waals surface area contributed by atoms with E-state index in [1.54, 1.807) is 11.0 Å². The summed E-state index contributed by atoms with van der Waals surface area (Å²) in [5, 5.41) is 10.5. The molecule has 1 heterocycles. The Morgan fingerprint density at radius 2 is 2.04 bits per heavy atom. The first-order valence-electron chi connectivity index (χ1n) is 7.71. The fraction of sp³-hybridized carbons (Fsp3) is 0.588. The molecule has 1 atom stereocenters. The van der Waals surface area contributed by atoms with Gasteiger partial charge in [0.25, 0.3) is 0 Å². The SMILES string of the molecule is CC(C)(C)OC(=O)N1CCC(CCO)(c2ccc(Cl)c(Cl)c2)C1. The summed E-state index contributed by atoms with van der Waals surface area (Å²) in [5.74, 6) is 0. The lowest BCUT2D eigenvalue weighted by molar-refractivity contribution is 0.0281. The highest BCUT2D eigenvalue weighted by Crippen LogP contribution is 2.40. The van der Waals surface area contributed by atoms with Crippen molar-refractivity contribution in [2.24, 2.45) is 0 Å². The number of ether oxygens (including phenoxy) is 1. The number of likely N-dealkylation sites (tertiary alicyclic amines) is 1. The van der Waals surface area contributed by atoms with Gasteiger partial charge in [0.15, 0.2) is 0 Å². The van der Waals surface area contributed by atoms with Crippen LogP contribution in [0.5, 0.6) is 0 Å². The molecule has 4 nitrogen and oxygen atoms in total. The minimum atomic E-state index is -0.525. The van der Waals surface area contributed by atoms with Crippen LogP contribution in [0.3, 0.4) is 0 Å². The molecule has 0 bridgehead atoms. The lowest BCUT2D eigenvalue weighted by Gasteiger charge is -2.30. The monoisotopic (exact) mass is 359 g/mol. The van der Waals surface area contributed by atoms with Crippen LogP contribution in [0.1, 0.15) is 39.2 Å². The largest absolute Gasteiger partial charge is 0.444 e. The maximum atomic E-state index is 12.3. The first-order valence-corrected chi connectivity index (χ1v) is 8.47. The Balaban J connectivity index is 2.23. The van der Waals surface area contributed by atoms with Crippen LogP contribution in [0.15, 0.2) is 18.2 Å². The molecule has 128 valence electrons. The van der Waals surface area contributed by atoms with E-state index in [9.17, 15) is 9.90 Å². The van der Waals surface area contributed by atoms with Gasteiger partial charge in [-0.2, -0.15) is 0 Å². The van der Waals surface area contributed by atoms with E-state index in [4.69, 9.17) is 27.9 Å². The van der Waals surface area contributed by atoms with Crippen LogP contribution in [-0.2, 0) is 10.2 Å². The Bertz CT molecular complexity index is 586. The van der Waals surface area contributed by atoms with E-state index in [2.05, 4.69) is 0 Å². The zero-order chi connectivity index (χ0) is 17.3. The Morgan fingerprint density at radius 1 is 1.35 bits per heavy atom. The van der Waals surface area contributed by atoms with Crippen LogP contribution in [0.2, 0.25) is 10.0 Å². The van der Waals surface area contributed by atoms with Gasteiger partial charge in [-0.15, -0.1) is 0 Å². The highest BCUT2D eigenvalue weighted by Gasteiger charge is 2.42. The highest BCUT2D eigenvalue weighted by atomic mass is 35.5. The minimum absolute atomic E-state index is 0.0441. The lowest BCUT2D eigenvalue weighted by Crippen LogP contribution is -2.38. The zero-order valence-electron chi connectivity index (χ0n) is 13.7. The topological polar surface area (TPSA) is 49.8 Å². The van der Waals surface area contributed by atoms with E-state index in [1.165, 1.54) is 0 Å². The lowest BCUT2D eigenvalue weighted by atomic mass is 9.77. The minimum Gasteiger partial charge on any atom is -0.444 e. The van der Waals surface area contributed by atoms with Crippen molar-refractivity contribution in [1.29, 1.82) is 0 Å². The second-order valence-electron chi connectivity index (χ2n) is 7.03. The van der Waals surface area contributed by atoms with E-state index in [0.29, 0.717) is 29.6 Å². The van der Waals surface area contributed by atoms with Gasteiger partial charge in [-0.1, -0.05) is 29.3 Å². The summed E-state index contributed by atoms with van der Waals surface area (Å²) in [4.78, 5) is 14.0. The van der Waals surface area contributed by atoms with Crippen LogP contribution in [0.25, 0.3) is 0 Å². The third-order valence-corrected chi connectivity index (χ3v) is 4.87. The zero-order valence-corrected chi connectivity index (χ0v) is 15.2. The molecule has 6 heteroatoms. The van der Waals surface area contributed by atoms with Gasteiger partial charge in [0, 0.05) is 25.1 Å². The number of amides is 1. The van der Waals surface area contributed by atoms with Crippen LogP contribution < -0.4 is 0 Å². The molecule has 1 N–H and O–H groups in total. The second kappa shape index (κ2) is 6.88. The fourth-order valence-electron chi connectivity index (χ4n) is 2.98. The van der Waals surface area contributed by atoms with Crippen LogP contribution in [0.4, 0.5) is 4.79 Å². The normalized spacial score (nSPS) is 21.6. The fourth-order valence-corrected chi connectivity index (χ4v) is 3.28. The van der Waals surface area contributed by atoms with Crippen molar-refractivity contribution in [2.45, 2.75) is 44.6 Å². The molecule has 1 aromatic rings. The van der Waals surface area contributed by atoms with E-state index in [1.807, 2.05) is 32.9 Å². The Morgan fingerprint density at radius 3 is 2.61 bits per heavy atom. The summed E-state index contributed by atoms with van der Waals surface area (Å²) >= 11 is 12.1. The predicted octanol–water partition coefficient (Wildman–Crippen LogP) is 4.25. The number of carbonyl (C=O) groups excluding carboxylic acids is 1. The number of halogens is 2. The number of carbonyl (C=O) groups is 1. The second-order valence-corrected chi connectivity index (χ2v) is 7.85. The predicted molar refractivity (Wildman–Crippen MR) is 92.3 cm³/mol. The molecule has 0 aliphatic carbocycles. The Hall–Kier alpha value is -0.970. The van der Waals surface area contributed by atoms with Gasteiger partial charge in [0.2, 0.25) is 0 Å². The maximum absolute atomic E-state index is 12.3. The van der Waals surface area contributed by atoms with Crippen LogP contribution in [0, 0.1) is 0 Å². The number of hydrogen-bond acceptors (Lipinski definition) is 3. The van der Waals surface area contributed by atoms with E-state index in [-0.39, 0.29) is 18.1 Å². The average Bonchev–Trinajstić information content (AvgIpc) is 2.86. The van der Waals surface area contributed by atoms with E-state index in [0.717, 1.165) is 12.0 Å². The molecule has 0 aromatic heterocycles. The molecule has 2 rings (SSSR count). The number of hydrogen-bond donors (Lipinski definition) is 1. The van der Waals surface area contributed by atoms with Crippen molar-refractivity contribution >= 4 is 29.3 Å². The third-order valence-electron chi connectivity index (χ3n) is 4.13. The number of nitrogens with zero attached hydrogens (tertiary/aromatic N) is 1. The van der Waals surface area contributed by atoms with Crippen molar-refractivity contribution in [2.75, 3.05) is 19.7 Å². The molecular weight excluding hydrogens is 337 g/mol. The van der Waals surface area contributed by atoms with Gasteiger partial charge >= 0.3 is 6.09 Å². The summed E-state index contributed by atoms with van der Waals surface area (Å²) in [5.41, 5.74) is 0.148. The third kappa shape index (κ3) is 4.31. The molecule has 1 unspecified atom stereocenters. The van der Waals surface area contributed by atoms with Gasteiger partial charge < -0.3 is 14.7 Å². The van der Waals surface area contributed by atoms with Crippen molar-refractivity contribution in [3.05, 3.63) is 33.8 Å². The molecule has 1 saturated heterocycles. The Kier molecular flexibility index (Phi) is 5.49. The number of benzene rings is 1. The van der Waals surface area contributed by atoms with Crippen molar-refractivity contribution < 1.29 is 14.6 Å². The van der Waals surface area contributed by atoms with Gasteiger partial charge in [-0.25, -0.2) is 4.79 Å². The van der Waals surface area contributed by atoms with E-state index >= 15 is 0 Å². The van der Waals surface area contributed by atoms with Crippen molar-refractivity contribution in [1.82, 2.24) is 4.90 Å². The van der Waals surface area contributed by atoms with Gasteiger partial charge in [-0.3, -0.25) is 0 Å².